The van der Waals surface area contributed by atoms with Crippen molar-refractivity contribution in [1.82, 2.24) is 20.4 Å². The lowest BCUT2D eigenvalue weighted by Gasteiger charge is -2.36. The van der Waals surface area contributed by atoms with Gasteiger partial charge in [-0.15, -0.1) is 0 Å². The van der Waals surface area contributed by atoms with Crippen molar-refractivity contribution >= 4 is 11.9 Å². The lowest BCUT2D eigenvalue weighted by molar-refractivity contribution is -0.121. The molecule has 1 aromatic rings. The van der Waals surface area contributed by atoms with Crippen LogP contribution in [0.2, 0.25) is 0 Å². The second kappa shape index (κ2) is 12.4. The summed E-state index contributed by atoms with van der Waals surface area (Å²) >= 11 is 0. The molecule has 1 fully saturated rings. The number of likely N-dealkylation sites (N-methyl/N-ethyl adjacent to an activating group) is 1. The Morgan fingerprint density at radius 2 is 2.00 bits per heavy atom. The monoisotopic (exact) mass is 417 g/mol. The number of guanidine groups is 1. The molecule has 0 spiro atoms. The van der Waals surface area contributed by atoms with Crippen molar-refractivity contribution in [3.63, 3.8) is 0 Å². The lowest BCUT2D eigenvalue weighted by atomic mass is 9.93. The zero-order chi connectivity index (χ0) is 21.9. The van der Waals surface area contributed by atoms with Gasteiger partial charge in [-0.2, -0.15) is 0 Å². The fourth-order valence-electron chi connectivity index (χ4n) is 4.20. The van der Waals surface area contributed by atoms with Crippen LogP contribution >= 0.6 is 0 Å². The Balaban J connectivity index is 2.01. The van der Waals surface area contributed by atoms with E-state index in [4.69, 9.17) is 4.74 Å². The van der Waals surface area contributed by atoms with Gasteiger partial charge in [0, 0.05) is 40.2 Å². The molecule has 1 aliphatic rings. The minimum atomic E-state index is 0.135. The minimum absolute atomic E-state index is 0.135. The highest BCUT2D eigenvalue weighted by atomic mass is 16.5. The van der Waals surface area contributed by atoms with Gasteiger partial charge >= 0.3 is 0 Å². The summed E-state index contributed by atoms with van der Waals surface area (Å²) in [4.78, 5) is 20.9. The minimum Gasteiger partial charge on any atom is -0.497 e. The molecule has 7 heteroatoms. The van der Waals surface area contributed by atoms with Crippen LogP contribution in [0.4, 0.5) is 0 Å². The summed E-state index contributed by atoms with van der Waals surface area (Å²) in [6.07, 6.45) is 2.66. The Morgan fingerprint density at radius 3 is 2.57 bits per heavy atom. The third-order valence-electron chi connectivity index (χ3n) is 6.06. The number of carbonyl (C=O) groups is 1. The Kier molecular flexibility index (Phi) is 9.94. The van der Waals surface area contributed by atoms with E-state index < -0.39 is 0 Å². The molecular weight excluding hydrogens is 378 g/mol. The van der Waals surface area contributed by atoms with Gasteiger partial charge in [-0.1, -0.05) is 26.0 Å². The zero-order valence-corrected chi connectivity index (χ0v) is 19.3. The first-order valence-electron chi connectivity index (χ1n) is 11.1. The maximum absolute atomic E-state index is 11.7. The number of carbonyl (C=O) groups excluding carboxylic acids is 1. The summed E-state index contributed by atoms with van der Waals surface area (Å²) in [7, 11) is 5.26. The second-order valence-electron chi connectivity index (χ2n) is 7.75. The number of benzene rings is 1. The maximum atomic E-state index is 11.7. The number of amides is 1. The topological polar surface area (TPSA) is 69.2 Å². The van der Waals surface area contributed by atoms with Crippen LogP contribution in [0.5, 0.6) is 5.75 Å². The first-order valence-corrected chi connectivity index (χ1v) is 11.1. The molecule has 1 saturated heterocycles. The molecule has 1 amide bonds. The van der Waals surface area contributed by atoms with E-state index in [0.29, 0.717) is 12.3 Å². The van der Waals surface area contributed by atoms with Gasteiger partial charge in [0.25, 0.3) is 0 Å². The van der Waals surface area contributed by atoms with Gasteiger partial charge in [0.2, 0.25) is 5.91 Å². The third kappa shape index (κ3) is 6.62. The van der Waals surface area contributed by atoms with E-state index in [1.165, 1.54) is 5.56 Å². The second-order valence-corrected chi connectivity index (χ2v) is 7.75. The molecule has 0 saturated carbocycles. The number of nitrogens with zero attached hydrogens (tertiary/aromatic N) is 3. The smallest absolute Gasteiger partial charge is 0.220 e. The predicted octanol–water partition coefficient (Wildman–Crippen LogP) is 2.50. The molecule has 1 unspecified atom stereocenters. The van der Waals surface area contributed by atoms with Gasteiger partial charge in [-0.3, -0.25) is 14.7 Å². The summed E-state index contributed by atoms with van der Waals surface area (Å²) < 4.78 is 5.44. The van der Waals surface area contributed by atoms with Gasteiger partial charge in [-0.05, 0) is 49.5 Å². The van der Waals surface area contributed by atoms with Crippen molar-refractivity contribution in [2.45, 2.75) is 39.2 Å². The number of likely N-dealkylation sites (tertiary alicyclic amines) is 1. The van der Waals surface area contributed by atoms with E-state index in [9.17, 15) is 4.79 Å². The van der Waals surface area contributed by atoms with Gasteiger partial charge in [0.15, 0.2) is 5.96 Å². The summed E-state index contributed by atoms with van der Waals surface area (Å²) in [5, 5.41) is 6.34. The van der Waals surface area contributed by atoms with Crippen LogP contribution in [-0.2, 0) is 4.79 Å². The molecule has 2 rings (SSSR count). The molecular formula is C23H39N5O2. The Labute approximate surface area is 181 Å². The molecule has 1 atom stereocenters. The van der Waals surface area contributed by atoms with Gasteiger partial charge < -0.3 is 20.3 Å². The molecule has 0 bridgehead atoms. The molecule has 30 heavy (non-hydrogen) atoms. The molecule has 168 valence electrons. The summed E-state index contributed by atoms with van der Waals surface area (Å²) in [6.45, 7) is 8.98. The SMILES string of the molecule is CCN(CC)C(CNC(=NC)N1CCC(CC(=O)NC)CC1)c1cccc(OC)c1. The van der Waals surface area contributed by atoms with Crippen LogP contribution in [-0.4, -0.2) is 75.6 Å². The lowest BCUT2D eigenvalue weighted by Crippen LogP contribution is -2.48. The number of piperidine rings is 1. The molecule has 2 N–H and O–H groups in total. The van der Waals surface area contributed by atoms with Crippen LogP contribution in [0.1, 0.15) is 44.7 Å². The number of hydrogen-bond donors (Lipinski definition) is 2. The Morgan fingerprint density at radius 1 is 1.30 bits per heavy atom. The van der Waals surface area contributed by atoms with E-state index in [2.05, 4.69) is 57.5 Å². The quantitative estimate of drug-likeness (QED) is 0.477. The van der Waals surface area contributed by atoms with Crippen LogP contribution < -0.4 is 15.4 Å². The highest BCUT2D eigenvalue weighted by Crippen LogP contribution is 2.24. The van der Waals surface area contributed by atoms with Crippen molar-refractivity contribution in [3.05, 3.63) is 29.8 Å². The molecule has 0 radical (unpaired) electrons. The van der Waals surface area contributed by atoms with Crippen molar-refractivity contribution < 1.29 is 9.53 Å². The fourth-order valence-corrected chi connectivity index (χ4v) is 4.20. The average molecular weight is 418 g/mol. The molecule has 1 aromatic carbocycles. The van der Waals surface area contributed by atoms with Gasteiger partial charge in [0.05, 0.1) is 13.2 Å². The van der Waals surface area contributed by atoms with Crippen molar-refractivity contribution in [2.24, 2.45) is 10.9 Å². The first-order chi connectivity index (χ1) is 14.6. The number of ether oxygens (including phenoxy) is 1. The largest absolute Gasteiger partial charge is 0.497 e. The Bertz CT molecular complexity index is 682. The van der Waals surface area contributed by atoms with E-state index in [1.54, 1.807) is 14.2 Å². The van der Waals surface area contributed by atoms with E-state index >= 15 is 0 Å². The summed E-state index contributed by atoms with van der Waals surface area (Å²) in [5.74, 6) is 2.41. The third-order valence-corrected chi connectivity index (χ3v) is 6.06. The molecule has 0 aliphatic carbocycles. The van der Waals surface area contributed by atoms with Gasteiger partial charge in [0.1, 0.15) is 5.75 Å². The standard InChI is InChI=1S/C23H39N5O2/c1-6-27(7-2)21(19-9-8-10-20(16-19)30-5)17-26-23(25-4)28-13-11-18(12-14-28)15-22(29)24-3/h8-10,16,18,21H,6-7,11-15,17H2,1-5H3,(H,24,29)(H,25,26). The molecule has 0 aromatic heterocycles. The summed E-state index contributed by atoms with van der Waals surface area (Å²) in [6, 6.07) is 8.56. The van der Waals surface area contributed by atoms with E-state index in [0.717, 1.165) is 57.3 Å². The van der Waals surface area contributed by atoms with Gasteiger partial charge in [-0.25, -0.2) is 0 Å². The Hall–Kier alpha value is -2.28. The highest BCUT2D eigenvalue weighted by molar-refractivity contribution is 5.80. The maximum Gasteiger partial charge on any atom is 0.220 e. The fraction of sp³-hybridized carbons (Fsp3) is 0.652. The van der Waals surface area contributed by atoms with Crippen LogP contribution in [0, 0.1) is 5.92 Å². The number of rotatable bonds is 9. The van der Waals surface area contributed by atoms with E-state index in [1.807, 2.05) is 13.1 Å². The number of hydrogen-bond acceptors (Lipinski definition) is 4. The first kappa shape index (κ1) is 24.0. The zero-order valence-electron chi connectivity index (χ0n) is 19.3. The van der Waals surface area contributed by atoms with Crippen molar-refractivity contribution in [3.8, 4) is 5.75 Å². The average Bonchev–Trinajstić information content (AvgIpc) is 2.79. The van der Waals surface area contributed by atoms with Crippen LogP contribution in [0.15, 0.2) is 29.3 Å². The molecule has 7 nitrogen and oxygen atoms in total. The number of methoxy groups -OCH3 is 1. The van der Waals surface area contributed by atoms with Crippen molar-refractivity contribution in [1.29, 1.82) is 0 Å². The highest BCUT2D eigenvalue weighted by Gasteiger charge is 2.24. The molecule has 1 aliphatic heterocycles. The number of nitrogens with one attached hydrogen (secondary N) is 2. The normalized spacial score (nSPS) is 16.5. The number of aliphatic imine (C=N–C) groups is 1. The molecule has 1 heterocycles. The summed E-state index contributed by atoms with van der Waals surface area (Å²) in [5.41, 5.74) is 1.24. The predicted molar refractivity (Wildman–Crippen MR) is 123 cm³/mol. The van der Waals surface area contributed by atoms with Crippen LogP contribution in [0.3, 0.4) is 0 Å². The van der Waals surface area contributed by atoms with Crippen molar-refractivity contribution in [2.75, 3.05) is 53.9 Å². The van der Waals surface area contributed by atoms with Crippen LogP contribution in [0.25, 0.3) is 0 Å². The van der Waals surface area contributed by atoms with E-state index in [-0.39, 0.29) is 11.9 Å².